The molecule has 0 fully saturated rings. The van der Waals surface area contributed by atoms with Gasteiger partial charge in [0, 0.05) is 0 Å². The minimum Gasteiger partial charge on any atom is -0.467 e. The lowest BCUT2D eigenvalue weighted by molar-refractivity contribution is -0.143. The smallest absolute Gasteiger partial charge is 0.330 e. The van der Waals surface area contributed by atoms with E-state index < -0.39 is 24.5 Å². The van der Waals surface area contributed by atoms with Gasteiger partial charge in [0.1, 0.15) is 4.88 Å². The normalized spacial score (nSPS) is 11.9. The zero-order valence-corrected chi connectivity index (χ0v) is 9.97. The molecule has 88 valence electrons. The van der Waals surface area contributed by atoms with Gasteiger partial charge >= 0.3 is 5.97 Å². The number of aliphatic hydroxyl groups is 1. The van der Waals surface area contributed by atoms with E-state index in [1.807, 2.05) is 0 Å². The van der Waals surface area contributed by atoms with Crippen molar-refractivity contribution in [3.05, 3.63) is 21.3 Å². The van der Waals surface area contributed by atoms with Gasteiger partial charge in [0.25, 0.3) is 5.91 Å². The fourth-order valence-electron chi connectivity index (χ4n) is 1.00. The molecule has 0 bridgehead atoms. The molecule has 0 spiro atoms. The number of carbonyl (C=O) groups excluding carboxylic acids is 2. The summed E-state index contributed by atoms with van der Waals surface area (Å²) in [6.45, 7) is -0.526. The van der Waals surface area contributed by atoms with E-state index in [4.69, 9.17) is 16.7 Å². The van der Waals surface area contributed by atoms with E-state index in [9.17, 15) is 9.59 Å². The van der Waals surface area contributed by atoms with Crippen LogP contribution < -0.4 is 5.32 Å². The summed E-state index contributed by atoms with van der Waals surface area (Å²) < 4.78 is 4.41. The summed E-state index contributed by atoms with van der Waals surface area (Å²) in [6, 6.07) is 0.503. The second-order valence-electron chi connectivity index (χ2n) is 2.83. The Morgan fingerprint density at radius 1 is 1.69 bits per heavy atom. The lowest BCUT2D eigenvalue weighted by atomic mass is 10.3. The fraction of sp³-hybridized carbons (Fsp3) is 0.333. The van der Waals surface area contributed by atoms with Crippen LogP contribution in [0.25, 0.3) is 0 Å². The molecule has 0 aliphatic rings. The van der Waals surface area contributed by atoms with Crippen molar-refractivity contribution in [1.29, 1.82) is 0 Å². The maximum Gasteiger partial charge on any atom is 0.330 e. The quantitative estimate of drug-likeness (QED) is 0.783. The fourth-order valence-corrected chi connectivity index (χ4v) is 2.04. The van der Waals surface area contributed by atoms with Crippen LogP contribution in [0.4, 0.5) is 0 Å². The number of methoxy groups -OCH3 is 1. The van der Waals surface area contributed by atoms with Gasteiger partial charge in [-0.2, -0.15) is 0 Å². The molecule has 1 rings (SSSR count). The Hall–Kier alpha value is -1.11. The Morgan fingerprint density at radius 3 is 2.81 bits per heavy atom. The van der Waals surface area contributed by atoms with Crippen LogP contribution in [-0.2, 0) is 9.53 Å². The van der Waals surface area contributed by atoms with Gasteiger partial charge in [-0.05, 0) is 11.4 Å². The van der Waals surface area contributed by atoms with Crippen molar-refractivity contribution in [2.75, 3.05) is 13.7 Å². The Labute approximate surface area is 101 Å². The first kappa shape index (κ1) is 13.0. The molecule has 0 radical (unpaired) electrons. The molecule has 1 heterocycles. The van der Waals surface area contributed by atoms with Crippen molar-refractivity contribution in [3.63, 3.8) is 0 Å². The number of aliphatic hydroxyl groups excluding tert-OH is 1. The molecule has 7 heteroatoms. The Balaban J connectivity index is 2.70. The third-order valence-corrected chi connectivity index (χ3v) is 3.14. The van der Waals surface area contributed by atoms with E-state index in [-0.39, 0.29) is 0 Å². The minimum absolute atomic E-state index is 0.295. The number of rotatable bonds is 4. The number of hydrogen-bond donors (Lipinski definition) is 2. The largest absolute Gasteiger partial charge is 0.467 e. The van der Waals surface area contributed by atoms with E-state index in [0.29, 0.717) is 9.90 Å². The Morgan fingerprint density at radius 2 is 2.38 bits per heavy atom. The van der Waals surface area contributed by atoms with Crippen molar-refractivity contribution >= 4 is 34.8 Å². The average molecular weight is 264 g/mol. The summed E-state index contributed by atoms with van der Waals surface area (Å²) >= 11 is 6.90. The molecular formula is C9H10ClNO4S. The van der Waals surface area contributed by atoms with Gasteiger partial charge in [-0.1, -0.05) is 11.6 Å². The molecule has 0 saturated carbocycles. The van der Waals surface area contributed by atoms with E-state index in [1.165, 1.54) is 7.11 Å². The summed E-state index contributed by atoms with van der Waals surface area (Å²) in [4.78, 5) is 23.0. The Bertz CT molecular complexity index is 393. The van der Waals surface area contributed by atoms with Crippen molar-refractivity contribution < 1.29 is 19.4 Å². The molecule has 16 heavy (non-hydrogen) atoms. The van der Waals surface area contributed by atoms with Gasteiger partial charge in [0.05, 0.1) is 18.7 Å². The molecule has 0 aliphatic heterocycles. The number of hydrogen-bond acceptors (Lipinski definition) is 5. The number of carbonyl (C=O) groups is 2. The SMILES string of the molecule is COC(=O)C(CO)NC(=O)c1sccc1Cl. The molecule has 1 aromatic heterocycles. The molecule has 0 saturated heterocycles. The number of esters is 1. The van der Waals surface area contributed by atoms with Crippen molar-refractivity contribution in [3.8, 4) is 0 Å². The van der Waals surface area contributed by atoms with Gasteiger partial charge < -0.3 is 15.2 Å². The second kappa shape index (κ2) is 5.83. The van der Waals surface area contributed by atoms with Crippen LogP contribution in [-0.4, -0.2) is 36.7 Å². The highest BCUT2D eigenvalue weighted by Crippen LogP contribution is 2.21. The van der Waals surface area contributed by atoms with Gasteiger partial charge in [-0.25, -0.2) is 4.79 Å². The van der Waals surface area contributed by atoms with E-state index in [2.05, 4.69) is 10.1 Å². The Kier molecular flexibility index (Phi) is 4.72. The molecule has 5 nitrogen and oxygen atoms in total. The third-order valence-electron chi connectivity index (χ3n) is 1.80. The highest BCUT2D eigenvalue weighted by molar-refractivity contribution is 7.12. The topological polar surface area (TPSA) is 75.6 Å². The van der Waals surface area contributed by atoms with Crippen LogP contribution >= 0.6 is 22.9 Å². The first-order chi connectivity index (χ1) is 7.60. The number of halogens is 1. The zero-order valence-electron chi connectivity index (χ0n) is 8.40. The van der Waals surface area contributed by atoms with Gasteiger partial charge in [0.2, 0.25) is 0 Å². The molecule has 1 atom stereocenters. The van der Waals surface area contributed by atoms with E-state index >= 15 is 0 Å². The molecule has 0 aliphatic carbocycles. The van der Waals surface area contributed by atoms with Crippen LogP contribution in [0.3, 0.4) is 0 Å². The summed E-state index contributed by atoms with van der Waals surface area (Å²) in [6.07, 6.45) is 0. The maximum atomic E-state index is 11.6. The van der Waals surface area contributed by atoms with Gasteiger partial charge in [-0.15, -0.1) is 11.3 Å². The van der Waals surface area contributed by atoms with E-state index in [1.54, 1.807) is 11.4 Å². The summed E-state index contributed by atoms with van der Waals surface area (Å²) in [7, 11) is 1.18. The molecule has 1 aromatic rings. The van der Waals surface area contributed by atoms with Crippen LogP contribution in [0.15, 0.2) is 11.4 Å². The predicted octanol–water partition coefficient (Wildman–Crippen LogP) is 0.665. The van der Waals surface area contributed by atoms with E-state index in [0.717, 1.165) is 11.3 Å². The maximum absolute atomic E-state index is 11.6. The third kappa shape index (κ3) is 2.94. The zero-order chi connectivity index (χ0) is 12.1. The molecular weight excluding hydrogens is 254 g/mol. The number of thiophene rings is 1. The second-order valence-corrected chi connectivity index (χ2v) is 4.15. The van der Waals surface area contributed by atoms with Crippen molar-refractivity contribution in [2.24, 2.45) is 0 Å². The van der Waals surface area contributed by atoms with Crippen molar-refractivity contribution in [1.82, 2.24) is 5.32 Å². The number of amides is 1. The highest BCUT2D eigenvalue weighted by atomic mass is 35.5. The van der Waals surface area contributed by atoms with Crippen LogP contribution in [0.5, 0.6) is 0 Å². The minimum atomic E-state index is -1.07. The summed E-state index contributed by atoms with van der Waals surface area (Å²) in [5, 5.41) is 13.2. The summed E-state index contributed by atoms with van der Waals surface area (Å²) in [5.41, 5.74) is 0. The van der Waals surface area contributed by atoms with Gasteiger partial charge in [-0.3, -0.25) is 4.79 Å². The monoisotopic (exact) mass is 263 g/mol. The van der Waals surface area contributed by atoms with Crippen LogP contribution in [0, 0.1) is 0 Å². The van der Waals surface area contributed by atoms with Gasteiger partial charge in [0.15, 0.2) is 6.04 Å². The standard InChI is InChI=1S/C9H10ClNO4S/c1-15-9(14)6(4-12)11-8(13)7-5(10)2-3-16-7/h2-3,6,12H,4H2,1H3,(H,11,13). The number of nitrogens with one attached hydrogen (secondary N) is 1. The van der Waals surface area contributed by atoms with Crippen molar-refractivity contribution in [2.45, 2.75) is 6.04 Å². The first-order valence-electron chi connectivity index (χ1n) is 4.32. The molecule has 1 unspecified atom stereocenters. The first-order valence-corrected chi connectivity index (χ1v) is 5.58. The summed E-state index contributed by atoms with van der Waals surface area (Å²) in [5.74, 6) is -1.21. The molecule has 2 N–H and O–H groups in total. The van der Waals surface area contributed by atoms with Crippen LogP contribution in [0.2, 0.25) is 5.02 Å². The highest BCUT2D eigenvalue weighted by Gasteiger charge is 2.22. The molecule has 1 amide bonds. The lowest BCUT2D eigenvalue weighted by Gasteiger charge is -2.13. The predicted molar refractivity (Wildman–Crippen MR) is 59.7 cm³/mol. The average Bonchev–Trinajstić information content (AvgIpc) is 2.71. The van der Waals surface area contributed by atoms with Crippen LogP contribution in [0.1, 0.15) is 9.67 Å². The number of ether oxygens (including phenoxy) is 1. The lowest BCUT2D eigenvalue weighted by Crippen LogP contribution is -2.43. The molecule has 0 aromatic carbocycles.